The van der Waals surface area contributed by atoms with Gasteiger partial charge in [0.05, 0.1) is 13.0 Å². The number of aromatic nitrogens is 1. The molecule has 1 fully saturated rings. The summed E-state index contributed by atoms with van der Waals surface area (Å²) in [6.45, 7) is 10.4. The number of aliphatic hydroxyl groups is 1. The molecule has 1 aliphatic rings. The number of amides is 1. The molecule has 5 heteroatoms. The van der Waals surface area contributed by atoms with Crippen molar-refractivity contribution in [3.63, 3.8) is 0 Å². The van der Waals surface area contributed by atoms with Gasteiger partial charge in [-0.15, -0.1) is 0 Å². The average molecular weight is 305 g/mol. The van der Waals surface area contributed by atoms with Gasteiger partial charge in [-0.1, -0.05) is 26.8 Å². The number of piperazine rings is 1. The Labute approximate surface area is 132 Å². The summed E-state index contributed by atoms with van der Waals surface area (Å²) in [5.74, 6) is 0.161. The van der Waals surface area contributed by atoms with E-state index < -0.39 is 0 Å². The molecule has 0 saturated carbocycles. The van der Waals surface area contributed by atoms with Crippen LogP contribution in [0.3, 0.4) is 0 Å². The zero-order valence-corrected chi connectivity index (χ0v) is 13.9. The fourth-order valence-corrected chi connectivity index (χ4v) is 2.62. The molecule has 0 bridgehead atoms. The van der Waals surface area contributed by atoms with Crippen LogP contribution in [0.1, 0.15) is 32.0 Å². The number of aliphatic hydroxyl groups excluding tert-OH is 1. The molecule has 1 amide bonds. The first-order valence-corrected chi connectivity index (χ1v) is 7.96. The predicted molar refractivity (Wildman–Crippen MR) is 86.7 cm³/mol. The van der Waals surface area contributed by atoms with Gasteiger partial charge in [0.15, 0.2) is 0 Å². The topological polar surface area (TPSA) is 56.7 Å². The van der Waals surface area contributed by atoms with Crippen molar-refractivity contribution >= 4 is 5.91 Å². The summed E-state index contributed by atoms with van der Waals surface area (Å²) in [7, 11) is 0. The lowest BCUT2D eigenvalue weighted by molar-refractivity contribution is -0.132. The Kier molecular flexibility index (Phi) is 5.53. The van der Waals surface area contributed by atoms with Crippen molar-refractivity contribution in [2.75, 3.05) is 39.3 Å². The maximum atomic E-state index is 12.3. The molecule has 2 rings (SSSR count). The van der Waals surface area contributed by atoms with E-state index in [4.69, 9.17) is 5.11 Å². The number of carbonyl (C=O) groups is 1. The van der Waals surface area contributed by atoms with Gasteiger partial charge in [0.2, 0.25) is 5.91 Å². The monoisotopic (exact) mass is 305 g/mol. The third kappa shape index (κ3) is 4.52. The molecule has 0 unspecified atom stereocenters. The van der Waals surface area contributed by atoms with Crippen molar-refractivity contribution in [1.82, 2.24) is 14.8 Å². The minimum atomic E-state index is 0.0333. The molecule has 0 spiro atoms. The fraction of sp³-hybridized carbons (Fsp3) is 0.647. The summed E-state index contributed by atoms with van der Waals surface area (Å²) in [5.41, 5.74) is 2.04. The second kappa shape index (κ2) is 7.20. The summed E-state index contributed by atoms with van der Waals surface area (Å²) >= 11 is 0. The predicted octanol–water partition coefficient (Wildman–Crippen LogP) is 1.06. The van der Waals surface area contributed by atoms with Gasteiger partial charge in [0.1, 0.15) is 0 Å². The Morgan fingerprint density at radius 1 is 1.23 bits per heavy atom. The highest BCUT2D eigenvalue weighted by Gasteiger charge is 2.21. The summed E-state index contributed by atoms with van der Waals surface area (Å²) in [4.78, 5) is 20.9. The van der Waals surface area contributed by atoms with E-state index in [0.29, 0.717) is 13.0 Å². The maximum absolute atomic E-state index is 12.3. The summed E-state index contributed by atoms with van der Waals surface area (Å²) in [5, 5.41) is 8.94. The molecule has 0 aromatic carbocycles. The van der Waals surface area contributed by atoms with Crippen LogP contribution in [0.25, 0.3) is 0 Å². The highest BCUT2D eigenvalue weighted by Crippen LogP contribution is 2.19. The van der Waals surface area contributed by atoms with Crippen LogP contribution in [0.2, 0.25) is 0 Å². The van der Waals surface area contributed by atoms with Crippen LogP contribution in [0.4, 0.5) is 0 Å². The number of β-amino-alcohol motifs (C(OH)–C–C–N with tert-alkyl or cyclic N) is 1. The van der Waals surface area contributed by atoms with Gasteiger partial charge < -0.3 is 10.0 Å². The van der Waals surface area contributed by atoms with E-state index in [1.165, 1.54) is 0 Å². The summed E-state index contributed by atoms with van der Waals surface area (Å²) in [6.07, 6.45) is 2.23. The highest BCUT2D eigenvalue weighted by atomic mass is 16.3. The molecule has 1 aromatic heterocycles. The van der Waals surface area contributed by atoms with Gasteiger partial charge >= 0.3 is 0 Å². The minimum absolute atomic E-state index is 0.0333. The molecular weight excluding hydrogens is 278 g/mol. The number of rotatable bonds is 4. The lowest BCUT2D eigenvalue weighted by atomic mass is 9.91. The smallest absolute Gasteiger partial charge is 0.227 e. The lowest BCUT2D eigenvalue weighted by Crippen LogP contribution is -2.49. The Morgan fingerprint density at radius 2 is 1.91 bits per heavy atom. The van der Waals surface area contributed by atoms with Gasteiger partial charge in [-0.05, 0) is 11.6 Å². The Hall–Kier alpha value is -1.46. The zero-order chi connectivity index (χ0) is 16.2. The van der Waals surface area contributed by atoms with Crippen LogP contribution >= 0.6 is 0 Å². The lowest BCUT2D eigenvalue weighted by Gasteiger charge is -2.34. The fourth-order valence-electron chi connectivity index (χ4n) is 2.62. The molecule has 0 radical (unpaired) electrons. The molecule has 1 aliphatic heterocycles. The van der Waals surface area contributed by atoms with E-state index in [1.54, 1.807) is 0 Å². The van der Waals surface area contributed by atoms with Gasteiger partial charge in [0.25, 0.3) is 0 Å². The number of hydrogen-bond acceptors (Lipinski definition) is 4. The van der Waals surface area contributed by atoms with Crippen LogP contribution < -0.4 is 0 Å². The van der Waals surface area contributed by atoms with Gasteiger partial charge in [-0.3, -0.25) is 14.7 Å². The third-order valence-corrected chi connectivity index (χ3v) is 4.09. The van der Waals surface area contributed by atoms with E-state index in [0.717, 1.165) is 37.4 Å². The second-order valence-corrected chi connectivity index (χ2v) is 6.92. The minimum Gasteiger partial charge on any atom is -0.395 e. The SMILES string of the molecule is CC(C)(C)c1ccc(CC(=O)N2CCN(CCO)CC2)cn1. The van der Waals surface area contributed by atoms with E-state index >= 15 is 0 Å². The molecule has 5 nitrogen and oxygen atoms in total. The van der Waals surface area contributed by atoms with E-state index in [2.05, 4.69) is 30.7 Å². The molecular formula is C17H27N3O2. The number of hydrogen-bond donors (Lipinski definition) is 1. The van der Waals surface area contributed by atoms with Crippen molar-refractivity contribution in [3.05, 3.63) is 29.6 Å². The molecule has 2 heterocycles. The van der Waals surface area contributed by atoms with Gasteiger partial charge in [0, 0.05) is 50.0 Å². The van der Waals surface area contributed by atoms with Crippen molar-refractivity contribution < 1.29 is 9.90 Å². The third-order valence-electron chi connectivity index (χ3n) is 4.09. The standard InChI is InChI=1S/C17H27N3O2/c1-17(2,3)15-5-4-14(13-18-15)12-16(22)20-8-6-19(7-9-20)10-11-21/h4-5,13,21H,6-12H2,1-3H3. The van der Waals surface area contributed by atoms with Crippen molar-refractivity contribution in [3.8, 4) is 0 Å². The Balaban J connectivity index is 1.87. The quantitative estimate of drug-likeness (QED) is 0.904. The van der Waals surface area contributed by atoms with Crippen molar-refractivity contribution in [2.45, 2.75) is 32.6 Å². The number of nitrogens with zero attached hydrogens (tertiary/aromatic N) is 3. The molecule has 122 valence electrons. The first-order valence-electron chi connectivity index (χ1n) is 7.96. The van der Waals surface area contributed by atoms with Crippen LogP contribution in [0, 0.1) is 0 Å². The summed E-state index contributed by atoms with van der Waals surface area (Å²) in [6, 6.07) is 4.02. The number of carbonyl (C=O) groups excluding carboxylic acids is 1. The van der Waals surface area contributed by atoms with Gasteiger partial charge in [-0.2, -0.15) is 0 Å². The first-order chi connectivity index (χ1) is 10.4. The van der Waals surface area contributed by atoms with Crippen LogP contribution in [0.15, 0.2) is 18.3 Å². The molecule has 1 saturated heterocycles. The Morgan fingerprint density at radius 3 is 2.41 bits per heavy atom. The molecule has 1 N–H and O–H groups in total. The Bertz CT molecular complexity index is 486. The van der Waals surface area contributed by atoms with Crippen LogP contribution in [-0.2, 0) is 16.6 Å². The molecule has 22 heavy (non-hydrogen) atoms. The summed E-state index contributed by atoms with van der Waals surface area (Å²) < 4.78 is 0. The van der Waals surface area contributed by atoms with Crippen LogP contribution in [0.5, 0.6) is 0 Å². The maximum Gasteiger partial charge on any atom is 0.227 e. The van der Waals surface area contributed by atoms with Crippen molar-refractivity contribution in [2.24, 2.45) is 0 Å². The van der Waals surface area contributed by atoms with E-state index in [-0.39, 0.29) is 17.9 Å². The molecule has 1 aromatic rings. The number of pyridine rings is 1. The van der Waals surface area contributed by atoms with Crippen LogP contribution in [-0.4, -0.2) is 65.1 Å². The second-order valence-electron chi connectivity index (χ2n) is 6.92. The molecule has 0 atom stereocenters. The van der Waals surface area contributed by atoms with E-state index in [1.807, 2.05) is 23.2 Å². The highest BCUT2D eigenvalue weighted by molar-refractivity contribution is 5.78. The molecule has 0 aliphatic carbocycles. The van der Waals surface area contributed by atoms with Gasteiger partial charge in [-0.25, -0.2) is 0 Å². The zero-order valence-electron chi connectivity index (χ0n) is 13.9. The largest absolute Gasteiger partial charge is 0.395 e. The van der Waals surface area contributed by atoms with Crippen molar-refractivity contribution in [1.29, 1.82) is 0 Å². The average Bonchev–Trinajstić information content (AvgIpc) is 2.48. The normalized spacial score (nSPS) is 16.8. The first kappa shape index (κ1) is 16.9. The van der Waals surface area contributed by atoms with E-state index in [9.17, 15) is 4.79 Å².